The molecule has 4 nitrogen and oxygen atoms in total. The van der Waals surface area contributed by atoms with Crippen LogP contribution in [0.2, 0.25) is 0 Å². The molecule has 148 valence electrons. The van der Waals surface area contributed by atoms with Crippen LogP contribution in [0.15, 0.2) is 60.0 Å². The van der Waals surface area contributed by atoms with Gasteiger partial charge in [0.2, 0.25) is 0 Å². The molecule has 2 aromatic carbocycles. The van der Waals surface area contributed by atoms with Crippen LogP contribution in [-0.4, -0.2) is 47.4 Å². The fraction of sp³-hybridized carbons (Fsp3) is 0.333. The van der Waals surface area contributed by atoms with Crippen LogP contribution in [0.5, 0.6) is 0 Å². The fourth-order valence-electron chi connectivity index (χ4n) is 5.06. The number of likely N-dealkylation sites (tertiary alicyclic amines) is 2. The lowest BCUT2D eigenvalue weighted by molar-refractivity contribution is 0.0763. The lowest BCUT2D eigenvalue weighted by atomic mass is 9.88. The molecule has 0 aliphatic carbocycles. The second kappa shape index (κ2) is 7.39. The van der Waals surface area contributed by atoms with Crippen LogP contribution in [0.25, 0.3) is 10.6 Å². The van der Waals surface area contributed by atoms with E-state index < -0.39 is 0 Å². The van der Waals surface area contributed by atoms with E-state index in [1.807, 2.05) is 40.6 Å². The molecule has 0 N–H and O–H groups in total. The van der Waals surface area contributed by atoms with Gasteiger partial charge in [-0.25, -0.2) is 4.98 Å². The van der Waals surface area contributed by atoms with Gasteiger partial charge in [-0.3, -0.25) is 9.69 Å². The maximum atomic E-state index is 13.2. The summed E-state index contributed by atoms with van der Waals surface area (Å²) < 4.78 is 0. The van der Waals surface area contributed by atoms with E-state index in [9.17, 15) is 4.79 Å². The van der Waals surface area contributed by atoms with Crippen molar-refractivity contribution in [1.82, 2.24) is 14.8 Å². The van der Waals surface area contributed by atoms with Crippen LogP contribution in [0, 0.1) is 18.8 Å². The molecule has 2 aliphatic heterocycles. The first-order chi connectivity index (χ1) is 14.1. The summed E-state index contributed by atoms with van der Waals surface area (Å²) in [5.41, 5.74) is 4.38. The Bertz CT molecular complexity index is 1030. The number of fused-ring (bicyclic) bond motifs is 1. The second-order valence-electron chi connectivity index (χ2n) is 8.28. The van der Waals surface area contributed by atoms with E-state index in [2.05, 4.69) is 48.1 Å². The van der Waals surface area contributed by atoms with Crippen molar-refractivity contribution >= 4 is 17.2 Å². The molecule has 5 rings (SSSR count). The van der Waals surface area contributed by atoms with Gasteiger partial charge in [-0.2, -0.15) is 0 Å². The molecule has 3 heterocycles. The van der Waals surface area contributed by atoms with Gasteiger partial charge >= 0.3 is 0 Å². The number of amides is 1. The van der Waals surface area contributed by atoms with Gasteiger partial charge in [0, 0.05) is 42.5 Å². The summed E-state index contributed by atoms with van der Waals surface area (Å²) in [6.07, 6.45) is 0. The number of benzene rings is 2. The van der Waals surface area contributed by atoms with E-state index in [4.69, 9.17) is 0 Å². The number of carbonyl (C=O) groups excluding carboxylic acids is 1. The van der Waals surface area contributed by atoms with E-state index in [1.54, 1.807) is 11.3 Å². The average Bonchev–Trinajstić information content (AvgIpc) is 3.44. The van der Waals surface area contributed by atoms with E-state index >= 15 is 0 Å². The van der Waals surface area contributed by atoms with Gasteiger partial charge in [0.1, 0.15) is 10.7 Å². The number of thiazole rings is 1. The monoisotopic (exact) mass is 403 g/mol. The van der Waals surface area contributed by atoms with Crippen molar-refractivity contribution in [3.63, 3.8) is 0 Å². The minimum Gasteiger partial charge on any atom is -0.337 e. The standard InChI is InChI=1S/C24H25N3OS/c1-16-8-6-7-11-19(16)22-20-14-27(13-18(20)12-26(22)2)24(28)21-15-29-23(25-21)17-9-4-3-5-10-17/h3-11,15,18,20,22H,12-14H2,1-2H3/t18-,20+,22-/m0/s1. The molecule has 0 unspecified atom stereocenters. The van der Waals surface area contributed by atoms with Crippen LogP contribution < -0.4 is 0 Å². The molecule has 29 heavy (non-hydrogen) atoms. The van der Waals surface area contributed by atoms with Crippen molar-refractivity contribution in [2.45, 2.75) is 13.0 Å². The van der Waals surface area contributed by atoms with Gasteiger partial charge in [-0.15, -0.1) is 11.3 Å². The molecule has 2 fully saturated rings. The van der Waals surface area contributed by atoms with Crippen LogP contribution in [0.4, 0.5) is 0 Å². The molecule has 3 atom stereocenters. The Balaban J connectivity index is 1.35. The number of hydrogen-bond acceptors (Lipinski definition) is 4. The van der Waals surface area contributed by atoms with Gasteiger partial charge in [-0.05, 0) is 31.0 Å². The Hall–Kier alpha value is -2.50. The van der Waals surface area contributed by atoms with E-state index in [1.165, 1.54) is 11.1 Å². The van der Waals surface area contributed by atoms with Gasteiger partial charge in [0.15, 0.2) is 0 Å². The van der Waals surface area contributed by atoms with Crippen LogP contribution in [-0.2, 0) is 0 Å². The molecule has 0 bridgehead atoms. The SMILES string of the molecule is Cc1ccccc1[C@H]1[C@@H]2CN(C(=O)c3csc(-c4ccccc4)n3)C[C@@H]2CN1C. The zero-order valence-electron chi connectivity index (χ0n) is 16.8. The van der Waals surface area contributed by atoms with Crippen LogP contribution in [0.3, 0.4) is 0 Å². The Labute approximate surface area is 175 Å². The van der Waals surface area contributed by atoms with Crippen molar-refractivity contribution in [3.05, 3.63) is 76.8 Å². The zero-order chi connectivity index (χ0) is 20.0. The molecular formula is C24H25N3OS. The predicted molar refractivity (Wildman–Crippen MR) is 117 cm³/mol. The number of nitrogens with zero attached hydrogens (tertiary/aromatic N) is 3. The fourth-order valence-corrected chi connectivity index (χ4v) is 5.86. The molecule has 0 saturated carbocycles. The molecule has 3 aromatic rings. The Morgan fingerprint density at radius 3 is 2.59 bits per heavy atom. The summed E-state index contributed by atoms with van der Waals surface area (Å²) in [6, 6.07) is 19.1. The summed E-state index contributed by atoms with van der Waals surface area (Å²) >= 11 is 1.54. The maximum Gasteiger partial charge on any atom is 0.273 e. The third-order valence-electron chi connectivity index (χ3n) is 6.43. The quantitative estimate of drug-likeness (QED) is 0.646. The molecule has 1 amide bonds. The van der Waals surface area contributed by atoms with Gasteiger partial charge < -0.3 is 4.90 Å². The lowest BCUT2D eigenvalue weighted by Gasteiger charge is -2.27. The summed E-state index contributed by atoms with van der Waals surface area (Å²) in [7, 11) is 2.22. The summed E-state index contributed by atoms with van der Waals surface area (Å²) in [5.74, 6) is 1.09. The van der Waals surface area contributed by atoms with Gasteiger partial charge in [0.25, 0.3) is 5.91 Å². The van der Waals surface area contributed by atoms with Crippen LogP contribution >= 0.6 is 11.3 Å². The normalized spacial score (nSPS) is 24.1. The largest absolute Gasteiger partial charge is 0.337 e. The first-order valence-corrected chi connectivity index (χ1v) is 11.1. The van der Waals surface area contributed by atoms with Crippen molar-refractivity contribution in [3.8, 4) is 10.6 Å². The molecular weight excluding hydrogens is 378 g/mol. The third kappa shape index (κ3) is 3.28. The number of carbonyl (C=O) groups is 1. The molecule has 0 spiro atoms. The minimum atomic E-state index is 0.0732. The van der Waals surface area contributed by atoms with Crippen LogP contribution in [0.1, 0.15) is 27.7 Å². The number of aryl methyl sites for hydroxylation is 1. The highest BCUT2D eigenvalue weighted by atomic mass is 32.1. The summed E-state index contributed by atoms with van der Waals surface area (Å²) in [4.78, 5) is 22.3. The first kappa shape index (κ1) is 18.5. The highest BCUT2D eigenvalue weighted by molar-refractivity contribution is 7.13. The Morgan fingerprint density at radius 1 is 1.03 bits per heavy atom. The molecule has 1 aromatic heterocycles. The van der Waals surface area contributed by atoms with E-state index in [0.717, 1.165) is 30.2 Å². The highest BCUT2D eigenvalue weighted by Gasteiger charge is 2.47. The van der Waals surface area contributed by atoms with Gasteiger partial charge in [0.05, 0.1) is 0 Å². The summed E-state index contributed by atoms with van der Waals surface area (Å²) in [6.45, 7) is 4.87. The Kier molecular flexibility index (Phi) is 4.72. The van der Waals surface area contributed by atoms with Crippen molar-refractivity contribution in [2.75, 3.05) is 26.7 Å². The number of rotatable bonds is 3. The predicted octanol–water partition coefficient (Wildman–Crippen LogP) is 4.49. The molecule has 2 aliphatic rings. The van der Waals surface area contributed by atoms with E-state index in [0.29, 0.717) is 23.6 Å². The van der Waals surface area contributed by atoms with Gasteiger partial charge in [-0.1, -0.05) is 54.6 Å². The number of hydrogen-bond donors (Lipinski definition) is 0. The van der Waals surface area contributed by atoms with Crippen molar-refractivity contribution < 1.29 is 4.79 Å². The minimum absolute atomic E-state index is 0.0732. The van der Waals surface area contributed by atoms with E-state index in [-0.39, 0.29) is 5.91 Å². The topological polar surface area (TPSA) is 36.4 Å². The Morgan fingerprint density at radius 2 is 1.79 bits per heavy atom. The number of aromatic nitrogens is 1. The molecule has 2 saturated heterocycles. The molecule has 5 heteroatoms. The molecule has 0 radical (unpaired) electrons. The lowest BCUT2D eigenvalue weighted by Crippen LogP contribution is -2.33. The zero-order valence-corrected chi connectivity index (χ0v) is 17.6. The van der Waals surface area contributed by atoms with Crippen molar-refractivity contribution in [1.29, 1.82) is 0 Å². The summed E-state index contributed by atoms with van der Waals surface area (Å²) in [5, 5.41) is 2.81. The van der Waals surface area contributed by atoms with Crippen molar-refractivity contribution in [2.24, 2.45) is 11.8 Å². The maximum absolute atomic E-state index is 13.2. The first-order valence-electron chi connectivity index (χ1n) is 10.2. The highest BCUT2D eigenvalue weighted by Crippen LogP contribution is 2.45. The average molecular weight is 404 g/mol. The third-order valence-corrected chi connectivity index (χ3v) is 7.32. The second-order valence-corrected chi connectivity index (χ2v) is 9.14. The smallest absolute Gasteiger partial charge is 0.273 e.